The first-order valence-corrected chi connectivity index (χ1v) is 7.98. The maximum absolute atomic E-state index is 12.0. The van der Waals surface area contributed by atoms with Crippen LogP contribution in [-0.2, 0) is 11.3 Å². The fourth-order valence-electron chi connectivity index (χ4n) is 2.29. The molecule has 0 bridgehead atoms. The number of carbonyl (C=O) groups excluding carboxylic acids is 2. The topological polar surface area (TPSA) is 86.1 Å². The number of Topliss-reactive ketones (excluding diaryl/α,β-unsaturated/α-hetero) is 1. The van der Waals surface area contributed by atoms with Crippen LogP contribution in [0.5, 0.6) is 5.75 Å². The van der Waals surface area contributed by atoms with Crippen molar-refractivity contribution in [1.29, 1.82) is 0 Å². The van der Waals surface area contributed by atoms with Crippen molar-refractivity contribution in [2.75, 3.05) is 6.61 Å². The minimum Gasteiger partial charge on any atom is -0.484 e. The number of carbonyl (C=O) groups is 2. The summed E-state index contributed by atoms with van der Waals surface area (Å²) in [5, 5.41) is 6.91. The molecule has 0 saturated heterocycles. The molecule has 24 heavy (non-hydrogen) atoms. The van der Waals surface area contributed by atoms with Crippen molar-refractivity contribution >= 4 is 11.7 Å². The lowest BCUT2D eigenvalue weighted by atomic mass is 10.1. The van der Waals surface area contributed by atoms with E-state index in [1.54, 1.807) is 28.9 Å². The molecular formula is C17H22N4O3. The molecule has 1 heterocycles. The summed E-state index contributed by atoms with van der Waals surface area (Å²) >= 11 is 0. The number of aromatic nitrogens is 3. The van der Waals surface area contributed by atoms with Gasteiger partial charge >= 0.3 is 0 Å². The molecule has 0 spiro atoms. The number of hydrogen-bond acceptors (Lipinski definition) is 5. The second-order valence-corrected chi connectivity index (χ2v) is 5.31. The van der Waals surface area contributed by atoms with Crippen molar-refractivity contribution in [1.82, 2.24) is 20.1 Å². The highest BCUT2D eigenvalue weighted by Crippen LogP contribution is 2.14. The molecule has 1 aromatic heterocycles. The number of amides is 1. The highest BCUT2D eigenvalue weighted by atomic mass is 16.5. The quantitative estimate of drug-likeness (QED) is 0.750. The van der Waals surface area contributed by atoms with Crippen LogP contribution in [0.1, 0.15) is 49.4 Å². The number of ketones is 1. The van der Waals surface area contributed by atoms with E-state index >= 15 is 0 Å². The second-order valence-electron chi connectivity index (χ2n) is 5.31. The smallest absolute Gasteiger partial charge is 0.258 e. The summed E-state index contributed by atoms with van der Waals surface area (Å²) in [4.78, 5) is 27.7. The van der Waals surface area contributed by atoms with Gasteiger partial charge in [0, 0.05) is 18.5 Å². The zero-order valence-electron chi connectivity index (χ0n) is 14.2. The van der Waals surface area contributed by atoms with Gasteiger partial charge in [-0.3, -0.25) is 9.59 Å². The largest absolute Gasteiger partial charge is 0.484 e. The Balaban J connectivity index is 1.85. The summed E-state index contributed by atoms with van der Waals surface area (Å²) in [6, 6.07) is 6.52. The summed E-state index contributed by atoms with van der Waals surface area (Å²) in [5.74, 6) is 1.07. The third kappa shape index (κ3) is 4.41. The Morgan fingerprint density at radius 2 is 1.96 bits per heavy atom. The predicted octanol–water partition coefficient (Wildman–Crippen LogP) is 2.15. The molecule has 0 aliphatic carbocycles. The first-order chi connectivity index (χ1) is 11.5. The van der Waals surface area contributed by atoms with Crippen LogP contribution in [0.2, 0.25) is 0 Å². The van der Waals surface area contributed by atoms with Gasteiger partial charge in [-0.15, -0.1) is 0 Å². The average molecular weight is 330 g/mol. The van der Waals surface area contributed by atoms with Gasteiger partial charge in [0.05, 0.1) is 6.04 Å². The number of nitrogens with one attached hydrogen (secondary N) is 1. The van der Waals surface area contributed by atoms with E-state index in [-0.39, 0.29) is 24.3 Å². The van der Waals surface area contributed by atoms with Crippen LogP contribution in [0.25, 0.3) is 0 Å². The van der Waals surface area contributed by atoms with Gasteiger partial charge < -0.3 is 10.1 Å². The Morgan fingerprint density at radius 3 is 2.58 bits per heavy atom. The molecule has 7 heteroatoms. The molecule has 0 fully saturated rings. The third-order valence-electron chi connectivity index (χ3n) is 3.58. The molecule has 128 valence electrons. The zero-order valence-corrected chi connectivity index (χ0v) is 14.2. The van der Waals surface area contributed by atoms with Crippen molar-refractivity contribution in [3.05, 3.63) is 42.0 Å². The van der Waals surface area contributed by atoms with Gasteiger partial charge in [-0.1, -0.05) is 6.92 Å². The van der Waals surface area contributed by atoms with E-state index in [2.05, 4.69) is 15.4 Å². The van der Waals surface area contributed by atoms with Gasteiger partial charge in [-0.25, -0.2) is 9.67 Å². The van der Waals surface area contributed by atoms with Gasteiger partial charge in [-0.2, -0.15) is 5.10 Å². The highest BCUT2D eigenvalue weighted by Gasteiger charge is 2.15. The molecule has 0 saturated carbocycles. The Bertz CT molecular complexity index is 694. The van der Waals surface area contributed by atoms with E-state index in [1.165, 1.54) is 6.33 Å². The van der Waals surface area contributed by atoms with Crippen LogP contribution >= 0.6 is 0 Å². The summed E-state index contributed by atoms with van der Waals surface area (Å²) in [6.07, 6.45) is 1.93. The van der Waals surface area contributed by atoms with Crippen LogP contribution in [0, 0.1) is 0 Å². The lowest BCUT2D eigenvalue weighted by molar-refractivity contribution is -0.123. The predicted molar refractivity (Wildman–Crippen MR) is 88.8 cm³/mol. The van der Waals surface area contributed by atoms with Crippen LogP contribution in [0.3, 0.4) is 0 Å². The lowest BCUT2D eigenvalue weighted by Gasteiger charge is -2.14. The highest BCUT2D eigenvalue weighted by molar-refractivity contribution is 5.95. The first kappa shape index (κ1) is 17.7. The molecule has 2 aromatic rings. The van der Waals surface area contributed by atoms with Gasteiger partial charge in [0.25, 0.3) is 5.91 Å². The zero-order chi connectivity index (χ0) is 17.5. The molecule has 0 unspecified atom stereocenters. The van der Waals surface area contributed by atoms with Gasteiger partial charge in [0.15, 0.2) is 12.4 Å². The summed E-state index contributed by atoms with van der Waals surface area (Å²) in [5.41, 5.74) is 0.641. The molecule has 1 amide bonds. The van der Waals surface area contributed by atoms with E-state index in [0.29, 0.717) is 30.1 Å². The molecule has 2 rings (SSSR count). The fourth-order valence-corrected chi connectivity index (χ4v) is 2.29. The lowest BCUT2D eigenvalue weighted by Crippen LogP contribution is -2.32. The summed E-state index contributed by atoms with van der Waals surface area (Å²) in [6.45, 7) is 6.21. The number of benzene rings is 1. The normalized spacial score (nSPS) is 11.8. The molecule has 7 nitrogen and oxygen atoms in total. The Kier molecular flexibility index (Phi) is 6.06. The van der Waals surface area contributed by atoms with Crippen LogP contribution < -0.4 is 10.1 Å². The van der Waals surface area contributed by atoms with E-state index in [9.17, 15) is 9.59 Å². The molecule has 0 aliphatic rings. The molecule has 0 aliphatic heterocycles. The standard InChI is InChI=1S/C17H22N4O3/c1-4-15(22)13-6-8-14(9-7-13)24-10-16(23)20-12(3)17-18-11-19-21(17)5-2/h6-9,11-12H,4-5,10H2,1-3H3,(H,20,23)/t12-/m0/s1. The second kappa shape index (κ2) is 8.24. The minimum absolute atomic E-state index is 0.0770. The molecule has 1 atom stereocenters. The van der Waals surface area contributed by atoms with Crippen molar-refractivity contribution in [2.45, 2.75) is 39.8 Å². The Labute approximate surface area is 141 Å². The SMILES string of the molecule is CCC(=O)c1ccc(OCC(=O)N[C@@H](C)c2ncnn2CC)cc1. The number of aryl methyl sites for hydroxylation is 1. The van der Waals surface area contributed by atoms with E-state index in [1.807, 2.05) is 20.8 Å². The first-order valence-electron chi connectivity index (χ1n) is 7.98. The number of ether oxygens (including phenoxy) is 1. The van der Waals surface area contributed by atoms with E-state index in [0.717, 1.165) is 0 Å². The number of rotatable bonds is 8. The molecule has 0 radical (unpaired) electrons. The fraction of sp³-hybridized carbons (Fsp3) is 0.412. The summed E-state index contributed by atoms with van der Waals surface area (Å²) in [7, 11) is 0. The summed E-state index contributed by atoms with van der Waals surface area (Å²) < 4.78 is 7.18. The Hall–Kier alpha value is -2.70. The van der Waals surface area contributed by atoms with Crippen molar-refractivity contribution < 1.29 is 14.3 Å². The van der Waals surface area contributed by atoms with Crippen LogP contribution in [-0.4, -0.2) is 33.1 Å². The van der Waals surface area contributed by atoms with Crippen molar-refractivity contribution in [3.63, 3.8) is 0 Å². The molecule has 1 aromatic carbocycles. The number of nitrogens with zero attached hydrogens (tertiary/aromatic N) is 3. The van der Waals surface area contributed by atoms with E-state index in [4.69, 9.17) is 4.74 Å². The van der Waals surface area contributed by atoms with Gasteiger partial charge in [0.1, 0.15) is 17.9 Å². The van der Waals surface area contributed by atoms with Gasteiger partial charge in [0.2, 0.25) is 0 Å². The number of hydrogen-bond donors (Lipinski definition) is 1. The van der Waals surface area contributed by atoms with Crippen molar-refractivity contribution in [3.8, 4) is 5.75 Å². The van der Waals surface area contributed by atoms with Gasteiger partial charge in [-0.05, 0) is 38.1 Å². The monoisotopic (exact) mass is 330 g/mol. The molecule has 1 N–H and O–H groups in total. The maximum Gasteiger partial charge on any atom is 0.258 e. The average Bonchev–Trinajstić information content (AvgIpc) is 3.08. The van der Waals surface area contributed by atoms with Crippen LogP contribution in [0.4, 0.5) is 0 Å². The Morgan fingerprint density at radius 1 is 1.25 bits per heavy atom. The third-order valence-corrected chi connectivity index (χ3v) is 3.58. The van der Waals surface area contributed by atoms with Crippen LogP contribution in [0.15, 0.2) is 30.6 Å². The van der Waals surface area contributed by atoms with E-state index < -0.39 is 0 Å². The minimum atomic E-state index is -0.256. The molecular weight excluding hydrogens is 308 g/mol. The maximum atomic E-state index is 12.0. The van der Waals surface area contributed by atoms with Crippen molar-refractivity contribution in [2.24, 2.45) is 0 Å².